The summed E-state index contributed by atoms with van der Waals surface area (Å²) in [6.45, 7) is 13.3. The molecule has 0 aliphatic rings. The highest BCUT2D eigenvalue weighted by molar-refractivity contribution is 4.72. The number of nitrogens with one attached hydrogen (secondary N) is 1. The highest BCUT2D eigenvalue weighted by atomic mass is 14.9. The normalized spacial score (nSPS) is 17.1. The highest BCUT2D eigenvalue weighted by Crippen LogP contribution is 2.24. The van der Waals surface area contributed by atoms with Crippen LogP contribution in [0.25, 0.3) is 0 Å². The van der Waals surface area contributed by atoms with Crippen LogP contribution in [0.4, 0.5) is 0 Å². The van der Waals surface area contributed by atoms with Crippen LogP contribution in [0, 0.1) is 11.3 Å². The van der Waals surface area contributed by atoms with Gasteiger partial charge in [0.2, 0.25) is 0 Å². The molecule has 0 rings (SSSR count). The highest BCUT2D eigenvalue weighted by Gasteiger charge is 2.18. The predicted octanol–water partition coefficient (Wildman–Crippen LogP) is 2.00. The Hall–Kier alpha value is -0.0800. The molecule has 3 N–H and O–H groups in total. The van der Waals surface area contributed by atoms with Crippen LogP contribution in [0.1, 0.15) is 41.0 Å². The van der Waals surface area contributed by atoms with E-state index in [-0.39, 0.29) is 0 Å². The van der Waals surface area contributed by atoms with Crippen LogP contribution in [0.3, 0.4) is 0 Å². The van der Waals surface area contributed by atoms with E-state index in [1.165, 1.54) is 0 Å². The van der Waals surface area contributed by atoms with Crippen molar-refractivity contribution in [3.63, 3.8) is 0 Å². The van der Waals surface area contributed by atoms with Gasteiger partial charge in [-0.2, -0.15) is 0 Å². The molecule has 0 aromatic rings. The van der Waals surface area contributed by atoms with Gasteiger partial charge in [-0.05, 0) is 37.8 Å². The molecule has 0 fully saturated rings. The van der Waals surface area contributed by atoms with Crippen LogP contribution in [0.5, 0.6) is 0 Å². The van der Waals surface area contributed by atoms with Crippen LogP contribution in [-0.2, 0) is 0 Å². The summed E-state index contributed by atoms with van der Waals surface area (Å²) in [5, 5.41) is 3.44. The number of hydrogen-bond donors (Lipinski definition) is 2. The molecule has 2 unspecified atom stereocenters. The van der Waals surface area contributed by atoms with Crippen LogP contribution in [0.15, 0.2) is 0 Å². The molecule has 0 heterocycles. The zero-order valence-electron chi connectivity index (χ0n) is 9.85. The average Bonchev–Trinajstić information content (AvgIpc) is 1.95. The third kappa shape index (κ3) is 7.03. The lowest BCUT2D eigenvalue weighted by Gasteiger charge is -2.27. The molecule has 0 saturated heterocycles. The molecule has 0 saturated carbocycles. The second-order valence-corrected chi connectivity index (χ2v) is 5.24. The van der Waals surface area contributed by atoms with Crippen LogP contribution in [-0.4, -0.2) is 19.1 Å². The first-order chi connectivity index (χ1) is 5.84. The Morgan fingerprint density at radius 3 is 2.15 bits per heavy atom. The second kappa shape index (κ2) is 5.61. The minimum atomic E-state index is 0.317. The van der Waals surface area contributed by atoms with Crippen molar-refractivity contribution in [2.75, 3.05) is 13.1 Å². The van der Waals surface area contributed by atoms with Gasteiger partial charge in [0.15, 0.2) is 0 Å². The van der Waals surface area contributed by atoms with Gasteiger partial charge in [0.1, 0.15) is 0 Å². The van der Waals surface area contributed by atoms with Gasteiger partial charge in [0.25, 0.3) is 0 Å². The van der Waals surface area contributed by atoms with Gasteiger partial charge in [0.05, 0.1) is 0 Å². The van der Waals surface area contributed by atoms with E-state index in [0.29, 0.717) is 17.4 Å². The van der Waals surface area contributed by atoms with E-state index in [9.17, 15) is 0 Å². The van der Waals surface area contributed by atoms with Crippen molar-refractivity contribution < 1.29 is 0 Å². The van der Waals surface area contributed by atoms with E-state index in [1.807, 2.05) is 0 Å². The molecule has 2 nitrogen and oxygen atoms in total. The molecule has 80 valence electrons. The Morgan fingerprint density at radius 1 is 1.23 bits per heavy atom. The zero-order chi connectivity index (χ0) is 10.5. The monoisotopic (exact) mass is 186 g/mol. The number of nitrogens with two attached hydrogens (primary N) is 1. The lowest BCUT2D eigenvalue weighted by molar-refractivity contribution is 0.252. The van der Waals surface area contributed by atoms with Gasteiger partial charge in [0, 0.05) is 6.04 Å². The molecule has 2 atom stereocenters. The Labute approximate surface area is 83.3 Å². The molecular weight excluding hydrogens is 160 g/mol. The summed E-state index contributed by atoms with van der Waals surface area (Å²) in [5.41, 5.74) is 6.06. The SMILES string of the molecule is CC(N)CCNCC(C)C(C)(C)C. The molecule has 13 heavy (non-hydrogen) atoms. The average molecular weight is 186 g/mol. The number of rotatable bonds is 5. The molecule has 0 aromatic carbocycles. The van der Waals surface area contributed by atoms with Gasteiger partial charge < -0.3 is 11.1 Å². The first kappa shape index (κ1) is 12.9. The summed E-state index contributed by atoms with van der Waals surface area (Å²) in [6.07, 6.45) is 1.07. The van der Waals surface area contributed by atoms with Crippen molar-refractivity contribution in [1.82, 2.24) is 5.32 Å². The Morgan fingerprint density at radius 2 is 1.77 bits per heavy atom. The van der Waals surface area contributed by atoms with E-state index < -0.39 is 0 Å². The molecule has 2 heteroatoms. The Balaban J connectivity index is 3.43. The van der Waals surface area contributed by atoms with Crippen molar-refractivity contribution in [2.45, 2.75) is 47.1 Å². The summed E-state index contributed by atoms with van der Waals surface area (Å²) in [6, 6.07) is 0.317. The molecule has 0 aliphatic carbocycles. The topological polar surface area (TPSA) is 38.0 Å². The first-order valence-electron chi connectivity index (χ1n) is 5.30. The molecular formula is C11H26N2. The van der Waals surface area contributed by atoms with E-state index in [4.69, 9.17) is 5.73 Å². The summed E-state index contributed by atoms with van der Waals surface area (Å²) < 4.78 is 0. The van der Waals surface area contributed by atoms with E-state index in [1.54, 1.807) is 0 Å². The quantitative estimate of drug-likeness (QED) is 0.644. The van der Waals surface area contributed by atoms with Crippen LogP contribution < -0.4 is 11.1 Å². The van der Waals surface area contributed by atoms with Gasteiger partial charge in [-0.1, -0.05) is 27.7 Å². The second-order valence-electron chi connectivity index (χ2n) is 5.24. The maximum Gasteiger partial charge on any atom is 0.00225 e. The lowest BCUT2D eigenvalue weighted by Crippen LogP contribution is -2.32. The largest absolute Gasteiger partial charge is 0.328 e. The zero-order valence-corrected chi connectivity index (χ0v) is 9.85. The van der Waals surface area contributed by atoms with E-state index in [2.05, 4.69) is 39.9 Å². The van der Waals surface area contributed by atoms with Crippen molar-refractivity contribution >= 4 is 0 Å². The molecule has 0 aliphatic heterocycles. The Kier molecular flexibility index (Phi) is 5.57. The lowest BCUT2D eigenvalue weighted by atomic mass is 9.82. The summed E-state index contributed by atoms with van der Waals surface area (Å²) in [7, 11) is 0. The molecule has 0 spiro atoms. The number of hydrogen-bond acceptors (Lipinski definition) is 2. The fraction of sp³-hybridized carbons (Fsp3) is 1.00. The van der Waals surface area contributed by atoms with E-state index in [0.717, 1.165) is 19.5 Å². The standard InChI is InChI=1S/C11H26N2/c1-9(11(3,4)5)8-13-7-6-10(2)12/h9-10,13H,6-8,12H2,1-5H3. The van der Waals surface area contributed by atoms with Gasteiger partial charge >= 0.3 is 0 Å². The van der Waals surface area contributed by atoms with Crippen molar-refractivity contribution in [3.8, 4) is 0 Å². The molecule has 0 amide bonds. The predicted molar refractivity (Wildman–Crippen MR) is 59.8 cm³/mol. The van der Waals surface area contributed by atoms with Crippen LogP contribution in [0.2, 0.25) is 0 Å². The van der Waals surface area contributed by atoms with Crippen LogP contribution >= 0.6 is 0 Å². The fourth-order valence-corrected chi connectivity index (χ4v) is 0.954. The van der Waals surface area contributed by atoms with Gasteiger partial charge in [-0.3, -0.25) is 0 Å². The van der Waals surface area contributed by atoms with Gasteiger partial charge in [-0.15, -0.1) is 0 Å². The first-order valence-corrected chi connectivity index (χ1v) is 5.30. The molecule has 0 aromatic heterocycles. The van der Waals surface area contributed by atoms with Crippen molar-refractivity contribution in [3.05, 3.63) is 0 Å². The van der Waals surface area contributed by atoms with Crippen molar-refractivity contribution in [2.24, 2.45) is 17.1 Å². The maximum atomic E-state index is 5.66. The third-order valence-corrected chi connectivity index (χ3v) is 2.71. The summed E-state index contributed by atoms with van der Waals surface area (Å²) in [5.74, 6) is 0.709. The fourth-order valence-electron chi connectivity index (χ4n) is 0.954. The molecule has 0 radical (unpaired) electrons. The third-order valence-electron chi connectivity index (χ3n) is 2.71. The summed E-state index contributed by atoms with van der Waals surface area (Å²) in [4.78, 5) is 0. The smallest absolute Gasteiger partial charge is 0.00225 e. The van der Waals surface area contributed by atoms with Gasteiger partial charge in [-0.25, -0.2) is 0 Å². The maximum absolute atomic E-state index is 5.66. The Bertz CT molecular complexity index is 125. The van der Waals surface area contributed by atoms with Crippen molar-refractivity contribution in [1.29, 1.82) is 0 Å². The minimum absolute atomic E-state index is 0.317. The summed E-state index contributed by atoms with van der Waals surface area (Å²) >= 11 is 0. The van der Waals surface area contributed by atoms with E-state index >= 15 is 0 Å². The minimum Gasteiger partial charge on any atom is -0.328 e. The molecule has 0 bridgehead atoms.